The second-order valence-electron chi connectivity index (χ2n) is 5.18. The molecule has 1 heterocycles. The molecular weight excluding hydrogens is 262 g/mol. The van der Waals surface area contributed by atoms with E-state index in [1.807, 2.05) is 18.2 Å². The van der Waals surface area contributed by atoms with E-state index in [9.17, 15) is 8.42 Å². The van der Waals surface area contributed by atoms with Crippen LogP contribution in [0.3, 0.4) is 0 Å². The van der Waals surface area contributed by atoms with Crippen LogP contribution in [0.4, 0.5) is 0 Å². The third-order valence-electron chi connectivity index (χ3n) is 3.76. The monoisotopic (exact) mass is 283 g/mol. The Morgan fingerprint density at radius 3 is 2.58 bits per heavy atom. The molecule has 1 aromatic rings. The van der Waals surface area contributed by atoms with Crippen molar-refractivity contribution >= 4 is 9.84 Å². The highest BCUT2D eigenvalue weighted by atomic mass is 32.2. The van der Waals surface area contributed by atoms with Gasteiger partial charge in [0.05, 0.1) is 11.5 Å². The second kappa shape index (κ2) is 6.03. The van der Waals surface area contributed by atoms with Gasteiger partial charge in [-0.1, -0.05) is 12.1 Å². The number of nitrogens with zero attached hydrogens (tertiary/aromatic N) is 1. The molecule has 0 aromatic heterocycles. The lowest BCUT2D eigenvalue weighted by molar-refractivity contribution is 0.164. The summed E-state index contributed by atoms with van der Waals surface area (Å²) in [7, 11) is -3.13. The fourth-order valence-corrected chi connectivity index (χ4v) is 3.31. The Bertz CT molecular complexity index is 519. The molecule has 2 rings (SSSR count). The van der Waals surface area contributed by atoms with Gasteiger partial charge in [0.15, 0.2) is 9.84 Å². The van der Waals surface area contributed by atoms with E-state index in [1.165, 1.54) is 6.26 Å². The molecule has 19 heavy (non-hydrogen) atoms. The van der Waals surface area contributed by atoms with E-state index in [0.717, 1.165) is 38.0 Å². The summed E-state index contributed by atoms with van der Waals surface area (Å²) in [5, 5.41) is 8.92. The van der Waals surface area contributed by atoms with E-state index in [2.05, 4.69) is 4.90 Å². The zero-order valence-electron chi connectivity index (χ0n) is 11.2. The van der Waals surface area contributed by atoms with Crippen LogP contribution < -0.4 is 0 Å². The standard InChI is InChI=1S/C14H21NO3S/c1-19(17,18)14-4-2-3-13(11-14)12-5-7-15(8-6-12)9-10-16/h2-4,11-12,16H,5-10H2,1H3. The third kappa shape index (κ3) is 3.78. The van der Waals surface area contributed by atoms with Crippen molar-refractivity contribution in [1.29, 1.82) is 0 Å². The number of hydrogen-bond donors (Lipinski definition) is 1. The summed E-state index contributed by atoms with van der Waals surface area (Å²) in [6, 6.07) is 7.30. The first-order chi connectivity index (χ1) is 9.00. The number of hydrogen-bond acceptors (Lipinski definition) is 4. The molecular formula is C14H21NO3S. The van der Waals surface area contributed by atoms with Crippen molar-refractivity contribution < 1.29 is 13.5 Å². The van der Waals surface area contributed by atoms with Gasteiger partial charge in [0.25, 0.3) is 0 Å². The molecule has 1 N–H and O–H groups in total. The molecule has 1 aliphatic rings. The predicted octanol–water partition coefficient (Wildman–Crippen LogP) is 1.26. The summed E-state index contributed by atoms with van der Waals surface area (Å²) < 4.78 is 23.1. The van der Waals surface area contributed by atoms with Gasteiger partial charge in [0, 0.05) is 12.8 Å². The minimum absolute atomic E-state index is 0.203. The SMILES string of the molecule is CS(=O)(=O)c1cccc(C2CCN(CCO)CC2)c1. The molecule has 0 amide bonds. The Hall–Kier alpha value is -0.910. The van der Waals surface area contributed by atoms with Gasteiger partial charge in [0.2, 0.25) is 0 Å². The maximum Gasteiger partial charge on any atom is 0.175 e. The molecule has 1 aliphatic heterocycles. The molecule has 4 nitrogen and oxygen atoms in total. The topological polar surface area (TPSA) is 57.6 Å². The maximum atomic E-state index is 11.6. The molecule has 0 atom stereocenters. The first-order valence-corrected chi connectivity index (χ1v) is 8.53. The van der Waals surface area contributed by atoms with Gasteiger partial charge >= 0.3 is 0 Å². The Morgan fingerprint density at radius 2 is 2.00 bits per heavy atom. The number of aliphatic hydroxyl groups is 1. The number of likely N-dealkylation sites (tertiary alicyclic amines) is 1. The fourth-order valence-electron chi connectivity index (χ4n) is 2.63. The molecule has 0 radical (unpaired) electrons. The van der Waals surface area contributed by atoms with Gasteiger partial charge in [-0.15, -0.1) is 0 Å². The van der Waals surface area contributed by atoms with Gasteiger partial charge in [0.1, 0.15) is 0 Å². The van der Waals surface area contributed by atoms with E-state index in [0.29, 0.717) is 10.8 Å². The number of aliphatic hydroxyl groups excluding tert-OH is 1. The fraction of sp³-hybridized carbons (Fsp3) is 0.571. The van der Waals surface area contributed by atoms with Crippen LogP contribution in [0, 0.1) is 0 Å². The van der Waals surface area contributed by atoms with Gasteiger partial charge in [-0.05, 0) is 49.5 Å². The lowest BCUT2D eigenvalue weighted by Crippen LogP contribution is -2.34. The smallest absolute Gasteiger partial charge is 0.175 e. The molecule has 106 valence electrons. The van der Waals surface area contributed by atoms with Crippen LogP contribution in [0.15, 0.2) is 29.2 Å². The Morgan fingerprint density at radius 1 is 1.32 bits per heavy atom. The average Bonchev–Trinajstić information content (AvgIpc) is 2.39. The van der Waals surface area contributed by atoms with Crippen LogP contribution in [0.5, 0.6) is 0 Å². The van der Waals surface area contributed by atoms with E-state index in [1.54, 1.807) is 6.07 Å². The van der Waals surface area contributed by atoms with Crippen molar-refractivity contribution in [2.75, 3.05) is 32.5 Å². The van der Waals surface area contributed by atoms with Crippen LogP contribution in [0.1, 0.15) is 24.3 Å². The summed E-state index contributed by atoms with van der Waals surface area (Å²) in [5.74, 6) is 0.427. The molecule has 0 unspecified atom stereocenters. The summed E-state index contributed by atoms with van der Waals surface area (Å²) >= 11 is 0. The summed E-state index contributed by atoms with van der Waals surface area (Å²) in [5.41, 5.74) is 1.12. The van der Waals surface area contributed by atoms with Gasteiger partial charge in [-0.3, -0.25) is 0 Å². The normalized spacial score (nSPS) is 18.6. The van der Waals surface area contributed by atoms with E-state index >= 15 is 0 Å². The third-order valence-corrected chi connectivity index (χ3v) is 4.87. The number of benzene rings is 1. The minimum Gasteiger partial charge on any atom is -0.395 e. The Kier molecular flexibility index (Phi) is 4.60. The second-order valence-corrected chi connectivity index (χ2v) is 7.20. The van der Waals surface area contributed by atoms with Crippen molar-refractivity contribution in [3.05, 3.63) is 29.8 Å². The van der Waals surface area contributed by atoms with Crippen LogP contribution in [0.2, 0.25) is 0 Å². The van der Waals surface area contributed by atoms with Crippen molar-refractivity contribution in [3.8, 4) is 0 Å². The predicted molar refractivity (Wildman–Crippen MR) is 75.1 cm³/mol. The molecule has 0 saturated carbocycles. The number of β-amino-alcohol motifs (C(OH)–C–C–N with tert-alkyl or cyclic N) is 1. The molecule has 1 aromatic carbocycles. The van der Waals surface area contributed by atoms with Crippen LogP contribution in [-0.4, -0.2) is 50.9 Å². The first-order valence-electron chi connectivity index (χ1n) is 6.64. The summed E-state index contributed by atoms with van der Waals surface area (Å²) in [6.45, 7) is 2.87. The molecule has 0 spiro atoms. The zero-order valence-corrected chi connectivity index (χ0v) is 12.1. The van der Waals surface area contributed by atoms with Crippen molar-refractivity contribution in [2.45, 2.75) is 23.7 Å². The average molecular weight is 283 g/mol. The van der Waals surface area contributed by atoms with E-state index < -0.39 is 9.84 Å². The van der Waals surface area contributed by atoms with E-state index in [-0.39, 0.29) is 6.61 Å². The van der Waals surface area contributed by atoms with Crippen LogP contribution in [-0.2, 0) is 9.84 Å². The number of sulfone groups is 1. The first kappa shape index (κ1) is 14.5. The van der Waals surface area contributed by atoms with Crippen LogP contribution in [0.25, 0.3) is 0 Å². The minimum atomic E-state index is -3.13. The van der Waals surface area contributed by atoms with Crippen molar-refractivity contribution in [3.63, 3.8) is 0 Å². The largest absolute Gasteiger partial charge is 0.395 e. The molecule has 0 aliphatic carbocycles. The maximum absolute atomic E-state index is 11.6. The molecule has 1 fully saturated rings. The Labute approximate surface area is 115 Å². The van der Waals surface area contributed by atoms with Gasteiger partial charge in [-0.25, -0.2) is 8.42 Å². The quantitative estimate of drug-likeness (QED) is 0.904. The van der Waals surface area contributed by atoms with E-state index in [4.69, 9.17) is 5.11 Å². The van der Waals surface area contributed by atoms with Crippen molar-refractivity contribution in [1.82, 2.24) is 4.90 Å². The zero-order chi connectivity index (χ0) is 13.9. The number of piperidine rings is 1. The van der Waals surface area contributed by atoms with Gasteiger partial charge < -0.3 is 10.0 Å². The number of rotatable bonds is 4. The summed E-state index contributed by atoms with van der Waals surface area (Å²) in [6.07, 6.45) is 3.29. The lowest BCUT2D eigenvalue weighted by Gasteiger charge is -2.31. The molecule has 1 saturated heterocycles. The van der Waals surface area contributed by atoms with Gasteiger partial charge in [-0.2, -0.15) is 0 Å². The molecule has 5 heteroatoms. The Balaban J connectivity index is 2.08. The molecule has 0 bridgehead atoms. The van der Waals surface area contributed by atoms with Crippen molar-refractivity contribution in [2.24, 2.45) is 0 Å². The highest BCUT2D eigenvalue weighted by molar-refractivity contribution is 7.90. The lowest BCUT2D eigenvalue weighted by atomic mass is 9.89. The summed E-state index contributed by atoms with van der Waals surface area (Å²) in [4.78, 5) is 2.65. The van der Waals surface area contributed by atoms with Crippen LogP contribution >= 0.6 is 0 Å². The highest BCUT2D eigenvalue weighted by Crippen LogP contribution is 2.29. The highest BCUT2D eigenvalue weighted by Gasteiger charge is 2.21.